The zero-order valence-electron chi connectivity index (χ0n) is 10.1. The van der Waals surface area contributed by atoms with Crippen LogP contribution in [-0.4, -0.2) is 35.6 Å². The maximum Gasteiger partial charge on any atom is 0.0685 e. The molecule has 4 heteroatoms. The van der Waals surface area contributed by atoms with Gasteiger partial charge in [-0.15, -0.1) is 0 Å². The second kappa shape index (κ2) is 5.75. The van der Waals surface area contributed by atoms with Crippen molar-refractivity contribution in [1.82, 2.24) is 9.27 Å². The Kier molecular flexibility index (Phi) is 4.32. The summed E-state index contributed by atoms with van der Waals surface area (Å²) < 4.78 is 9.86. The molecular formula is C12H20N2OS. The first-order valence-corrected chi connectivity index (χ1v) is 6.76. The third kappa shape index (κ3) is 3.54. The van der Waals surface area contributed by atoms with Crippen molar-refractivity contribution in [2.75, 3.05) is 26.3 Å². The highest BCUT2D eigenvalue weighted by molar-refractivity contribution is 7.05. The molecule has 1 aliphatic rings. The monoisotopic (exact) mass is 240 g/mol. The lowest BCUT2D eigenvalue weighted by molar-refractivity contribution is 0.0337. The van der Waals surface area contributed by atoms with Crippen molar-refractivity contribution in [1.29, 1.82) is 0 Å². The summed E-state index contributed by atoms with van der Waals surface area (Å²) in [7, 11) is 0. The van der Waals surface area contributed by atoms with Crippen LogP contribution in [0.5, 0.6) is 0 Å². The summed E-state index contributed by atoms with van der Waals surface area (Å²) in [5, 5.41) is 0. The molecule has 1 saturated heterocycles. The molecule has 2 heterocycles. The van der Waals surface area contributed by atoms with Gasteiger partial charge in [0.2, 0.25) is 0 Å². The Morgan fingerprint density at radius 1 is 1.44 bits per heavy atom. The third-order valence-corrected chi connectivity index (χ3v) is 3.55. The van der Waals surface area contributed by atoms with Crippen LogP contribution in [0.1, 0.15) is 24.4 Å². The summed E-state index contributed by atoms with van der Waals surface area (Å²) >= 11 is 1.66. The summed E-state index contributed by atoms with van der Waals surface area (Å²) in [5.41, 5.74) is 1.22. The van der Waals surface area contributed by atoms with Gasteiger partial charge in [0.15, 0.2) is 0 Å². The molecule has 90 valence electrons. The molecule has 1 aliphatic heterocycles. The molecule has 2 rings (SSSR count). The van der Waals surface area contributed by atoms with E-state index in [9.17, 15) is 0 Å². The van der Waals surface area contributed by atoms with E-state index < -0.39 is 0 Å². The minimum atomic E-state index is 0.719. The highest BCUT2D eigenvalue weighted by Gasteiger charge is 2.12. The minimum absolute atomic E-state index is 0.719. The van der Waals surface area contributed by atoms with Crippen LogP contribution < -0.4 is 0 Å². The summed E-state index contributed by atoms with van der Waals surface area (Å²) in [4.78, 5) is 3.83. The van der Waals surface area contributed by atoms with Gasteiger partial charge in [0.05, 0.1) is 18.9 Å². The predicted molar refractivity (Wildman–Crippen MR) is 66.8 cm³/mol. The second-order valence-electron chi connectivity index (χ2n) is 4.77. The maximum absolute atomic E-state index is 5.34. The zero-order chi connectivity index (χ0) is 11.4. The van der Waals surface area contributed by atoms with E-state index in [1.54, 1.807) is 11.5 Å². The number of hydrogen-bond acceptors (Lipinski definition) is 4. The summed E-state index contributed by atoms with van der Waals surface area (Å²) in [6.07, 6.45) is 1.15. The highest BCUT2D eigenvalue weighted by atomic mass is 32.1. The van der Waals surface area contributed by atoms with E-state index in [4.69, 9.17) is 4.74 Å². The summed E-state index contributed by atoms with van der Waals surface area (Å²) in [5.74, 6) is 0.719. The maximum atomic E-state index is 5.34. The van der Waals surface area contributed by atoms with Crippen molar-refractivity contribution in [3.05, 3.63) is 16.6 Å². The zero-order valence-corrected chi connectivity index (χ0v) is 10.9. The molecule has 0 spiro atoms. The van der Waals surface area contributed by atoms with Gasteiger partial charge in [0.25, 0.3) is 0 Å². The first kappa shape index (κ1) is 12.0. The quantitative estimate of drug-likeness (QED) is 0.806. The first-order valence-electron chi connectivity index (χ1n) is 5.98. The van der Waals surface area contributed by atoms with Crippen LogP contribution in [0.2, 0.25) is 0 Å². The lowest BCUT2D eigenvalue weighted by Gasteiger charge is -2.25. The Balaban J connectivity index is 1.86. The van der Waals surface area contributed by atoms with Gasteiger partial charge in [-0.1, -0.05) is 13.8 Å². The molecule has 1 fully saturated rings. The van der Waals surface area contributed by atoms with Crippen LogP contribution in [0, 0.1) is 5.92 Å². The fraction of sp³-hybridized carbons (Fsp3) is 0.750. The topological polar surface area (TPSA) is 25.4 Å². The fourth-order valence-electron chi connectivity index (χ4n) is 1.92. The highest BCUT2D eigenvalue weighted by Crippen LogP contribution is 2.16. The van der Waals surface area contributed by atoms with Crippen LogP contribution >= 0.6 is 11.5 Å². The molecule has 0 N–H and O–H groups in total. The van der Waals surface area contributed by atoms with Gasteiger partial charge < -0.3 is 4.74 Å². The van der Waals surface area contributed by atoms with Crippen molar-refractivity contribution in [3.63, 3.8) is 0 Å². The molecule has 0 bridgehead atoms. The van der Waals surface area contributed by atoms with E-state index in [1.807, 2.05) is 0 Å². The van der Waals surface area contributed by atoms with E-state index in [0.717, 1.165) is 45.2 Å². The molecule has 3 nitrogen and oxygen atoms in total. The van der Waals surface area contributed by atoms with E-state index in [-0.39, 0.29) is 0 Å². The molecule has 16 heavy (non-hydrogen) atoms. The Labute approximate surface area is 102 Å². The van der Waals surface area contributed by atoms with Gasteiger partial charge in [-0.2, -0.15) is 4.37 Å². The van der Waals surface area contributed by atoms with E-state index >= 15 is 0 Å². The molecular weight excluding hydrogens is 220 g/mol. The Morgan fingerprint density at radius 2 is 2.19 bits per heavy atom. The van der Waals surface area contributed by atoms with E-state index in [0.29, 0.717) is 0 Å². The van der Waals surface area contributed by atoms with Gasteiger partial charge in [-0.25, -0.2) is 0 Å². The van der Waals surface area contributed by atoms with Crippen LogP contribution in [0.15, 0.2) is 6.07 Å². The normalized spacial score (nSPS) is 18.2. The Hall–Kier alpha value is -0.450. The van der Waals surface area contributed by atoms with Gasteiger partial charge in [-0.3, -0.25) is 4.90 Å². The van der Waals surface area contributed by atoms with Crippen LogP contribution in [0.3, 0.4) is 0 Å². The van der Waals surface area contributed by atoms with Crippen molar-refractivity contribution < 1.29 is 4.74 Å². The Morgan fingerprint density at radius 3 is 2.88 bits per heavy atom. The summed E-state index contributed by atoms with van der Waals surface area (Å²) in [6, 6.07) is 2.26. The number of rotatable bonds is 4. The van der Waals surface area contributed by atoms with Gasteiger partial charge in [-0.05, 0) is 29.9 Å². The number of ether oxygens (including phenoxy) is 1. The van der Waals surface area contributed by atoms with Gasteiger partial charge in [0.1, 0.15) is 0 Å². The standard InChI is InChI=1S/C12H20N2OS/c1-10(2)7-12-8-11(13-16-12)9-14-3-5-15-6-4-14/h8,10H,3-7,9H2,1-2H3. The van der Waals surface area contributed by atoms with Crippen LogP contribution in [-0.2, 0) is 17.7 Å². The lowest BCUT2D eigenvalue weighted by Crippen LogP contribution is -2.35. The molecule has 0 atom stereocenters. The average molecular weight is 240 g/mol. The second-order valence-corrected chi connectivity index (χ2v) is 5.66. The molecule has 0 radical (unpaired) electrons. The summed E-state index contributed by atoms with van der Waals surface area (Å²) in [6.45, 7) is 9.29. The SMILES string of the molecule is CC(C)Cc1cc(CN2CCOCC2)ns1. The largest absolute Gasteiger partial charge is 0.379 e. The molecule has 0 unspecified atom stereocenters. The average Bonchev–Trinajstić information content (AvgIpc) is 2.66. The number of aromatic nitrogens is 1. The molecule has 0 amide bonds. The first-order chi connectivity index (χ1) is 7.74. The molecule has 0 aliphatic carbocycles. The van der Waals surface area contributed by atoms with Gasteiger partial charge >= 0.3 is 0 Å². The molecule has 0 saturated carbocycles. The van der Waals surface area contributed by atoms with E-state index in [1.165, 1.54) is 10.6 Å². The van der Waals surface area contributed by atoms with Crippen molar-refractivity contribution in [2.45, 2.75) is 26.8 Å². The van der Waals surface area contributed by atoms with Crippen molar-refractivity contribution >= 4 is 11.5 Å². The molecule has 1 aromatic heterocycles. The van der Waals surface area contributed by atoms with E-state index in [2.05, 4.69) is 29.2 Å². The Bertz CT molecular complexity index is 319. The molecule has 1 aromatic rings. The van der Waals surface area contributed by atoms with Crippen LogP contribution in [0.4, 0.5) is 0 Å². The van der Waals surface area contributed by atoms with Gasteiger partial charge in [0, 0.05) is 24.5 Å². The predicted octanol–water partition coefficient (Wildman–Crippen LogP) is 2.17. The van der Waals surface area contributed by atoms with Crippen molar-refractivity contribution in [2.24, 2.45) is 5.92 Å². The number of hydrogen-bond donors (Lipinski definition) is 0. The van der Waals surface area contributed by atoms with Crippen LogP contribution in [0.25, 0.3) is 0 Å². The minimum Gasteiger partial charge on any atom is -0.379 e. The number of morpholine rings is 1. The fourth-order valence-corrected chi connectivity index (χ4v) is 2.86. The number of nitrogens with zero attached hydrogens (tertiary/aromatic N) is 2. The smallest absolute Gasteiger partial charge is 0.0685 e. The van der Waals surface area contributed by atoms with Crippen molar-refractivity contribution in [3.8, 4) is 0 Å². The third-order valence-electron chi connectivity index (χ3n) is 2.71. The lowest BCUT2D eigenvalue weighted by atomic mass is 10.1. The molecule has 0 aromatic carbocycles.